The summed E-state index contributed by atoms with van der Waals surface area (Å²) in [4.78, 5) is 0. The highest BCUT2D eigenvalue weighted by molar-refractivity contribution is 6.71. The predicted octanol–water partition coefficient (Wildman–Crippen LogP) is 2.98. The Morgan fingerprint density at radius 2 is 1.90 bits per heavy atom. The van der Waals surface area contributed by atoms with Crippen molar-refractivity contribution in [1.29, 1.82) is 0 Å². The maximum Gasteiger partial charge on any atom is 0.372 e. The Morgan fingerprint density at radius 1 is 1.25 bits per heavy atom. The third-order valence-electron chi connectivity index (χ3n) is 5.15. The third-order valence-corrected chi connectivity index (χ3v) is 9.66. The van der Waals surface area contributed by atoms with Crippen molar-refractivity contribution < 1.29 is 13.6 Å². The van der Waals surface area contributed by atoms with Gasteiger partial charge in [0, 0.05) is 27.4 Å². The molecule has 0 saturated carbocycles. The maximum atomic E-state index is 6.53. The predicted molar refractivity (Wildman–Crippen MR) is 84.8 cm³/mol. The summed E-state index contributed by atoms with van der Waals surface area (Å²) in [7, 11) is 2.88. The summed E-state index contributed by atoms with van der Waals surface area (Å²) in [5.74, 6) is 0.447. The standard InChI is InChI=1S/C15H33NO3Si/c1-6-8-10-13-11-9-12-20(18-4,19-5)15(13,17-3)14(16)7-2/h13-14H,6-12,16H2,1-5H3. The van der Waals surface area contributed by atoms with E-state index in [-0.39, 0.29) is 6.04 Å². The van der Waals surface area contributed by atoms with E-state index in [1.165, 1.54) is 19.3 Å². The molecule has 3 atom stereocenters. The van der Waals surface area contributed by atoms with Crippen LogP contribution in [0.4, 0.5) is 0 Å². The van der Waals surface area contributed by atoms with Crippen molar-refractivity contribution in [1.82, 2.24) is 0 Å². The molecule has 0 radical (unpaired) electrons. The Labute approximate surface area is 125 Å². The first kappa shape index (κ1) is 18.1. The Bertz CT molecular complexity index is 286. The Hall–Kier alpha value is 0.0569. The number of nitrogens with two attached hydrogens (primary N) is 1. The quantitative estimate of drug-likeness (QED) is 0.700. The Balaban J connectivity index is 3.22. The van der Waals surface area contributed by atoms with Crippen LogP contribution < -0.4 is 5.73 Å². The molecule has 0 aromatic rings. The zero-order valence-corrected chi connectivity index (χ0v) is 14.9. The average molecular weight is 304 g/mol. The van der Waals surface area contributed by atoms with Gasteiger partial charge in [-0.2, -0.15) is 0 Å². The lowest BCUT2D eigenvalue weighted by atomic mass is 9.85. The van der Waals surface area contributed by atoms with E-state index in [2.05, 4.69) is 13.8 Å². The maximum absolute atomic E-state index is 6.53. The number of unbranched alkanes of at least 4 members (excludes halogenated alkanes) is 1. The first-order chi connectivity index (χ1) is 9.58. The largest absolute Gasteiger partial charge is 0.396 e. The zero-order chi connectivity index (χ0) is 15.2. The van der Waals surface area contributed by atoms with Crippen LogP contribution in [-0.2, 0) is 13.6 Å². The molecule has 120 valence electrons. The minimum Gasteiger partial charge on any atom is -0.396 e. The van der Waals surface area contributed by atoms with Crippen molar-refractivity contribution >= 4 is 8.56 Å². The van der Waals surface area contributed by atoms with E-state index in [0.717, 1.165) is 25.3 Å². The molecule has 0 aliphatic carbocycles. The third kappa shape index (κ3) is 2.83. The van der Waals surface area contributed by atoms with Crippen molar-refractivity contribution in [2.45, 2.75) is 69.7 Å². The lowest BCUT2D eigenvalue weighted by Gasteiger charge is -2.55. The van der Waals surface area contributed by atoms with Gasteiger partial charge in [0.25, 0.3) is 0 Å². The molecule has 4 nitrogen and oxygen atoms in total. The fourth-order valence-corrected chi connectivity index (χ4v) is 8.34. The van der Waals surface area contributed by atoms with Gasteiger partial charge in [0.15, 0.2) is 0 Å². The van der Waals surface area contributed by atoms with Gasteiger partial charge in [-0.25, -0.2) is 0 Å². The summed E-state index contributed by atoms with van der Waals surface area (Å²) in [6, 6.07) is 0.950. The first-order valence-corrected chi connectivity index (χ1v) is 10.0. The van der Waals surface area contributed by atoms with Crippen LogP contribution in [0.2, 0.25) is 6.04 Å². The van der Waals surface area contributed by atoms with Crippen molar-refractivity contribution in [3.63, 3.8) is 0 Å². The van der Waals surface area contributed by atoms with E-state index < -0.39 is 13.8 Å². The first-order valence-electron chi connectivity index (χ1n) is 7.99. The van der Waals surface area contributed by atoms with Crippen molar-refractivity contribution in [2.24, 2.45) is 11.7 Å². The van der Waals surface area contributed by atoms with Gasteiger partial charge in [-0.3, -0.25) is 0 Å². The highest BCUT2D eigenvalue weighted by Crippen LogP contribution is 2.47. The lowest BCUT2D eigenvalue weighted by molar-refractivity contribution is -0.0677. The summed E-state index contributed by atoms with van der Waals surface area (Å²) < 4.78 is 18.1. The Morgan fingerprint density at radius 3 is 2.35 bits per heavy atom. The van der Waals surface area contributed by atoms with Gasteiger partial charge in [0.1, 0.15) is 5.22 Å². The van der Waals surface area contributed by atoms with E-state index in [0.29, 0.717) is 5.92 Å². The second-order valence-corrected chi connectivity index (χ2v) is 9.51. The number of ether oxygens (including phenoxy) is 1. The molecule has 0 aromatic carbocycles. The molecule has 0 aromatic heterocycles. The van der Waals surface area contributed by atoms with Gasteiger partial charge in [0.2, 0.25) is 0 Å². The molecule has 0 bridgehead atoms. The summed E-state index contributed by atoms with van der Waals surface area (Å²) in [5, 5.41) is -0.418. The van der Waals surface area contributed by atoms with E-state index in [4.69, 9.17) is 19.3 Å². The minimum atomic E-state index is -2.45. The van der Waals surface area contributed by atoms with Crippen LogP contribution in [0, 0.1) is 5.92 Å². The van der Waals surface area contributed by atoms with E-state index in [1.807, 2.05) is 0 Å². The molecule has 0 spiro atoms. The molecule has 1 aliphatic rings. The molecule has 20 heavy (non-hydrogen) atoms. The highest BCUT2D eigenvalue weighted by Gasteiger charge is 2.65. The molecule has 1 fully saturated rings. The van der Waals surface area contributed by atoms with Crippen LogP contribution >= 0.6 is 0 Å². The molecule has 5 heteroatoms. The van der Waals surface area contributed by atoms with Crippen LogP contribution in [-0.4, -0.2) is 41.2 Å². The second kappa shape index (κ2) is 7.89. The van der Waals surface area contributed by atoms with Crippen LogP contribution in [0.3, 0.4) is 0 Å². The summed E-state index contributed by atoms with van der Waals surface area (Å²) >= 11 is 0. The summed E-state index contributed by atoms with van der Waals surface area (Å²) in [6.45, 7) is 4.36. The topological polar surface area (TPSA) is 53.7 Å². The fourth-order valence-electron chi connectivity index (χ4n) is 4.08. The number of hydrogen-bond donors (Lipinski definition) is 1. The van der Waals surface area contributed by atoms with Gasteiger partial charge in [-0.1, -0.05) is 33.1 Å². The molecular formula is C15H33NO3Si. The van der Waals surface area contributed by atoms with Crippen LogP contribution in [0.5, 0.6) is 0 Å². The number of methoxy groups -OCH3 is 1. The SMILES string of the molecule is CCCCC1CCC[Si](OC)(OC)C1(OC)C(N)CC. The number of hydrogen-bond acceptors (Lipinski definition) is 4. The molecular weight excluding hydrogens is 270 g/mol. The highest BCUT2D eigenvalue weighted by atomic mass is 28.4. The van der Waals surface area contributed by atoms with Crippen LogP contribution in [0.1, 0.15) is 52.4 Å². The average Bonchev–Trinajstić information content (AvgIpc) is 2.51. The van der Waals surface area contributed by atoms with Crippen LogP contribution in [0.25, 0.3) is 0 Å². The van der Waals surface area contributed by atoms with Gasteiger partial charge >= 0.3 is 8.56 Å². The van der Waals surface area contributed by atoms with Crippen molar-refractivity contribution in [3.05, 3.63) is 0 Å². The Kier molecular flexibility index (Phi) is 7.15. The molecule has 3 unspecified atom stereocenters. The lowest BCUT2D eigenvalue weighted by Crippen LogP contribution is -2.75. The fraction of sp³-hybridized carbons (Fsp3) is 1.00. The van der Waals surface area contributed by atoms with E-state index in [9.17, 15) is 0 Å². The van der Waals surface area contributed by atoms with E-state index in [1.54, 1.807) is 21.3 Å². The zero-order valence-electron chi connectivity index (χ0n) is 13.9. The normalized spacial score (nSPS) is 31.2. The van der Waals surface area contributed by atoms with Gasteiger partial charge in [-0.15, -0.1) is 0 Å². The summed E-state index contributed by atoms with van der Waals surface area (Å²) in [5.41, 5.74) is 6.53. The van der Waals surface area contributed by atoms with Crippen LogP contribution in [0.15, 0.2) is 0 Å². The molecule has 0 amide bonds. The van der Waals surface area contributed by atoms with Crippen molar-refractivity contribution in [2.75, 3.05) is 21.3 Å². The summed E-state index contributed by atoms with van der Waals surface area (Å²) in [6.07, 6.45) is 6.78. The minimum absolute atomic E-state index is 0.0266. The molecule has 2 N–H and O–H groups in total. The molecule has 1 saturated heterocycles. The second-order valence-electron chi connectivity index (χ2n) is 5.90. The van der Waals surface area contributed by atoms with Gasteiger partial charge in [0.05, 0.1) is 0 Å². The molecule has 1 rings (SSSR count). The van der Waals surface area contributed by atoms with Crippen molar-refractivity contribution in [3.8, 4) is 0 Å². The molecule has 1 aliphatic heterocycles. The van der Waals surface area contributed by atoms with Gasteiger partial charge in [-0.05, 0) is 31.2 Å². The van der Waals surface area contributed by atoms with Gasteiger partial charge < -0.3 is 19.3 Å². The smallest absolute Gasteiger partial charge is 0.372 e. The number of rotatable bonds is 8. The monoisotopic (exact) mass is 303 g/mol. The molecule has 1 heterocycles. The van der Waals surface area contributed by atoms with E-state index >= 15 is 0 Å².